The lowest BCUT2D eigenvalue weighted by Crippen LogP contribution is -2.14. The summed E-state index contributed by atoms with van der Waals surface area (Å²) in [6, 6.07) is 13.6. The van der Waals surface area contributed by atoms with Crippen molar-refractivity contribution in [2.24, 2.45) is 0 Å². The molecule has 0 heterocycles. The Morgan fingerprint density at radius 3 is 2.43 bits per heavy atom. The molecule has 2 aromatic carbocycles. The van der Waals surface area contributed by atoms with Crippen molar-refractivity contribution in [2.45, 2.75) is 18.7 Å². The van der Waals surface area contributed by atoms with E-state index in [-0.39, 0.29) is 5.91 Å². The molecule has 0 unspecified atom stereocenters. The standard InChI is InChI=1S/C17H19NO2S/c1-12-4-5-14(10-13(12)2)18-17(19)11-21-16-8-6-15(20-3)7-9-16/h4-10H,11H2,1-3H3,(H,18,19). The van der Waals surface area contributed by atoms with Gasteiger partial charge in [0, 0.05) is 10.6 Å². The summed E-state index contributed by atoms with van der Waals surface area (Å²) in [5.41, 5.74) is 3.25. The van der Waals surface area contributed by atoms with E-state index in [9.17, 15) is 4.79 Å². The minimum atomic E-state index is -0.000860. The number of methoxy groups -OCH3 is 1. The number of nitrogens with one attached hydrogen (secondary N) is 1. The molecule has 110 valence electrons. The first-order chi connectivity index (χ1) is 10.1. The van der Waals surface area contributed by atoms with Gasteiger partial charge in [0.25, 0.3) is 0 Å². The molecule has 1 amide bonds. The highest BCUT2D eigenvalue weighted by Crippen LogP contribution is 2.21. The molecule has 0 saturated carbocycles. The molecule has 3 nitrogen and oxygen atoms in total. The van der Waals surface area contributed by atoms with Crippen LogP contribution < -0.4 is 10.1 Å². The van der Waals surface area contributed by atoms with E-state index in [1.54, 1.807) is 7.11 Å². The van der Waals surface area contributed by atoms with Gasteiger partial charge in [0.2, 0.25) is 5.91 Å². The van der Waals surface area contributed by atoms with Crippen molar-refractivity contribution >= 4 is 23.4 Å². The summed E-state index contributed by atoms with van der Waals surface area (Å²) in [5.74, 6) is 1.21. The third-order valence-corrected chi connectivity index (χ3v) is 4.23. The van der Waals surface area contributed by atoms with Crippen LogP contribution in [-0.2, 0) is 4.79 Å². The fraction of sp³-hybridized carbons (Fsp3) is 0.235. The smallest absolute Gasteiger partial charge is 0.234 e. The normalized spacial score (nSPS) is 10.2. The quantitative estimate of drug-likeness (QED) is 0.847. The molecule has 0 aliphatic heterocycles. The molecule has 1 N–H and O–H groups in total. The third-order valence-electron chi connectivity index (χ3n) is 3.22. The zero-order chi connectivity index (χ0) is 15.2. The van der Waals surface area contributed by atoms with E-state index in [4.69, 9.17) is 4.74 Å². The number of aryl methyl sites for hydroxylation is 2. The van der Waals surface area contributed by atoms with Gasteiger partial charge in [-0.25, -0.2) is 0 Å². The summed E-state index contributed by atoms with van der Waals surface area (Å²) in [7, 11) is 1.64. The van der Waals surface area contributed by atoms with E-state index >= 15 is 0 Å². The molecule has 0 bridgehead atoms. The van der Waals surface area contributed by atoms with Gasteiger partial charge in [0.05, 0.1) is 12.9 Å². The fourth-order valence-electron chi connectivity index (χ4n) is 1.84. The number of thioether (sulfide) groups is 1. The van der Waals surface area contributed by atoms with Crippen LogP contribution in [0.2, 0.25) is 0 Å². The number of rotatable bonds is 5. The number of carbonyl (C=O) groups is 1. The Morgan fingerprint density at radius 1 is 1.10 bits per heavy atom. The molecule has 0 radical (unpaired) electrons. The number of hydrogen-bond acceptors (Lipinski definition) is 3. The van der Waals surface area contributed by atoms with Crippen LogP contribution in [-0.4, -0.2) is 18.8 Å². The van der Waals surface area contributed by atoms with Crippen molar-refractivity contribution in [3.8, 4) is 5.75 Å². The summed E-state index contributed by atoms with van der Waals surface area (Å²) in [6.45, 7) is 4.09. The molecular weight excluding hydrogens is 282 g/mol. The Balaban J connectivity index is 1.87. The first kappa shape index (κ1) is 15.4. The molecule has 0 aliphatic carbocycles. The van der Waals surface area contributed by atoms with Crippen LogP contribution >= 0.6 is 11.8 Å². The van der Waals surface area contributed by atoms with Crippen molar-refractivity contribution in [1.29, 1.82) is 0 Å². The Kier molecular flexibility index (Phi) is 5.28. The minimum Gasteiger partial charge on any atom is -0.497 e. The molecule has 2 aromatic rings. The van der Waals surface area contributed by atoms with Gasteiger partial charge in [-0.1, -0.05) is 6.07 Å². The van der Waals surface area contributed by atoms with Crippen LogP contribution in [0.3, 0.4) is 0 Å². The second-order valence-electron chi connectivity index (χ2n) is 4.81. The van der Waals surface area contributed by atoms with Crippen molar-refractivity contribution in [3.05, 3.63) is 53.6 Å². The molecule has 0 spiro atoms. The third kappa shape index (κ3) is 4.53. The van der Waals surface area contributed by atoms with Crippen LogP contribution in [0.25, 0.3) is 0 Å². The van der Waals surface area contributed by atoms with Gasteiger partial charge >= 0.3 is 0 Å². The number of hydrogen-bond donors (Lipinski definition) is 1. The van der Waals surface area contributed by atoms with Crippen LogP contribution in [0, 0.1) is 13.8 Å². The maximum absolute atomic E-state index is 11.9. The average Bonchev–Trinajstić information content (AvgIpc) is 2.49. The molecule has 0 atom stereocenters. The van der Waals surface area contributed by atoms with Gasteiger partial charge in [-0.3, -0.25) is 4.79 Å². The van der Waals surface area contributed by atoms with E-state index in [0.29, 0.717) is 5.75 Å². The average molecular weight is 301 g/mol. The van der Waals surface area contributed by atoms with Gasteiger partial charge in [-0.05, 0) is 61.4 Å². The van der Waals surface area contributed by atoms with Crippen molar-refractivity contribution in [2.75, 3.05) is 18.2 Å². The highest BCUT2D eigenvalue weighted by atomic mass is 32.2. The van der Waals surface area contributed by atoms with Crippen LogP contribution in [0.5, 0.6) is 5.75 Å². The first-order valence-corrected chi connectivity index (χ1v) is 7.71. The molecule has 2 rings (SSSR count). The number of anilines is 1. The van der Waals surface area contributed by atoms with Gasteiger partial charge in [-0.15, -0.1) is 11.8 Å². The van der Waals surface area contributed by atoms with Crippen LogP contribution in [0.1, 0.15) is 11.1 Å². The number of amides is 1. The second kappa shape index (κ2) is 7.18. The van der Waals surface area contributed by atoms with E-state index < -0.39 is 0 Å². The molecular formula is C17H19NO2S. The van der Waals surface area contributed by atoms with Crippen molar-refractivity contribution in [1.82, 2.24) is 0 Å². The summed E-state index contributed by atoms with van der Waals surface area (Å²) in [5, 5.41) is 2.92. The highest BCUT2D eigenvalue weighted by Gasteiger charge is 2.05. The van der Waals surface area contributed by atoms with Gasteiger partial charge in [0.1, 0.15) is 5.75 Å². The van der Waals surface area contributed by atoms with E-state index in [1.165, 1.54) is 22.9 Å². The monoisotopic (exact) mass is 301 g/mol. The second-order valence-corrected chi connectivity index (χ2v) is 5.86. The Bertz CT molecular complexity index is 623. The molecule has 21 heavy (non-hydrogen) atoms. The fourth-order valence-corrected chi connectivity index (χ4v) is 2.54. The Labute approximate surface area is 129 Å². The van der Waals surface area contributed by atoms with Crippen LogP contribution in [0.15, 0.2) is 47.4 Å². The Hall–Kier alpha value is -1.94. The lowest BCUT2D eigenvalue weighted by atomic mass is 10.1. The summed E-state index contributed by atoms with van der Waals surface area (Å²) < 4.78 is 5.11. The predicted molar refractivity (Wildman–Crippen MR) is 88.3 cm³/mol. The molecule has 4 heteroatoms. The maximum Gasteiger partial charge on any atom is 0.234 e. The summed E-state index contributed by atoms with van der Waals surface area (Å²) in [6.07, 6.45) is 0. The number of benzene rings is 2. The minimum absolute atomic E-state index is 0.000860. The zero-order valence-electron chi connectivity index (χ0n) is 12.5. The lowest BCUT2D eigenvalue weighted by molar-refractivity contribution is -0.113. The van der Waals surface area contributed by atoms with E-state index in [1.807, 2.05) is 49.4 Å². The molecule has 0 aliphatic rings. The first-order valence-electron chi connectivity index (χ1n) is 6.72. The highest BCUT2D eigenvalue weighted by molar-refractivity contribution is 8.00. The van der Waals surface area contributed by atoms with Gasteiger partial charge in [-0.2, -0.15) is 0 Å². The van der Waals surface area contributed by atoms with E-state index in [2.05, 4.69) is 12.2 Å². The van der Waals surface area contributed by atoms with Crippen molar-refractivity contribution in [3.63, 3.8) is 0 Å². The summed E-state index contributed by atoms with van der Waals surface area (Å²) >= 11 is 1.51. The topological polar surface area (TPSA) is 38.3 Å². The van der Waals surface area contributed by atoms with Gasteiger partial charge in [0.15, 0.2) is 0 Å². The predicted octanol–water partition coefficient (Wildman–Crippen LogP) is 4.04. The summed E-state index contributed by atoms with van der Waals surface area (Å²) in [4.78, 5) is 13.0. The molecule has 0 aromatic heterocycles. The molecule has 0 saturated heterocycles. The zero-order valence-corrected chi connectivity index (χ0v) is 13.3. The SMILES string of the molecule is COc1ccc(SCC(=O)Nc2ccc(C)c(C)c2)cc1. The Morgan fingerprint density at radius 2 is 1.81 bits per heavy atom. The van der Waals surface area contributed by atoms with E-state index in [0.717, 1.165) is 16.3 Å². The largest absolute Gasteiger partial charge is 0.497 e. The van der Waals surface area contributed by atoms with Crippen molar-refractivity contribution < 1.29 is 9.53 Å². The number of carbonyl (C=O) groups excluding carboxylic acids is 1. The van der Waals surface area contributed by atoms with Crippen LogP contribution in [0.4, 0.5) is 5.69 Å². The molecule has 0 fully saturated rings. The van der Waals surface area contributed by atoms with Gasteiger partial charge < -0.3 is 10.1 Å². The maximum atomic E-state index is 11.9. The number of ether oxygens (including phenoxy) is 1. The lowest BCUT2D eigenvalue weighted by Gasteiger charge is -2.08.